The number of phenolic OH excluding ortho intramolecular Hbond substituents is 1. The van der Waals surface area contributed by atoms with E-state index in [4.69, 9.17) is 14.2 Å². The molecule has 5 rings (SSSR count). The monoisotopic (exact) mass is 599 g/mol. The van der Waals surface area contributed by atoms with Crippen LogP contribution in [0.5, 0.6) is 23.0 Å². The predicted octanol–water partition coefficient (Wildman–Crippen LogP) is 5.63. The van der Waals surface area contributed by atoms with Crippen molar-refractivity contribution in [2.75, 3.05) is 26.6 Å². The average Bonchev–Trinajstić information content (AvgIpc) is 3.00. The maximum absolute atomic E-state index is 14.1. The van der Waals surface area contributed by atoms with Crippen molar-refractivity contribution in [2.24, 2.45) is 0 Å². The molecule has 3 aromatic carbocycles. The van der Waals surface area contributed by atoms with E-state index in [1.165, 1.54) is 19.2 Å². The summed E-state index contributed by atoms with van der Waals surface area (Å²) in [5.74, 6) is -1.53. The number of carbonyl (C=O) groups excluding carboxylic acids is 2. The number of ketones is 1. The fraction of sp³-hybridized carbons (Fsp3) is 0.273. The maximum Gasteiger partial charge on any atom is 0.314 e. The third-order valence-electron chi connectivity index (χ3n) is 8.09. The average molecular weight is 600 g/mol. The van der Waals surface area contributed by atoms with Gasteiger partial charge in [0.25, 0.3) is 5.91 Å². The number of rotatable bonds is 8. The van der Waals surface area contributed by atoms with Gasteiger partial charge in [-0.15, -0.1) is 0 Å². The Balaban J connectivity index is 1.63. The Kier molecular flexibility index (Phi) is 8.30. The topological polar surface area (TPSA) is 149 Å². The van der Waals surface area contributed by atoms with Crippen LogP contribution in [0.3, 0.4) is 0 Å². The van der Waals surface area contributed by atoms with Crippen LogP contribution in [0.15, 0.2) is 77.1 Å². The lowest BCUT2D eigenvalue weighted by Gasteiger charge is -2.37. The lowest BCUT2D eigenvalue weighted by molar-refractivity contribution is -0.386. The van der Waals surface area contributed by atoms with Gasteiger partial charge in [0.15, 0.2) is 23.0 Å². The lowest BCUT2D eigenvalue weighted by atomic mass is 9.71. The van der Waals surface area contributed by atoms with Gasteiger partial charge in [0.2, 0.25) is 5.75 Å². The Hall–Kier alpha value is -5.32. The first-order valence-corrected chi connectivity index (χ1v) is 14.0. The molecule has 1 heterocycles. The molecule has 3 N–H and O–H groups in total. The summed E-state index contributed by atoms with van der Waals surface area (Å²) < 4.78 is 16.1. The summed E-state index contributed by atoms with van der Waals surface area (Å²) in [7, 11) is 4.38. The number of anilines is 1. The van der Waals surface area contributed by atoms with Crippen LogP contribution in [0.4, 0.5) is 11.4 Å². The van der Waals surface area contributed by atoms with E-state index in [1.54, 1.807) is 39.3 Å². The number of benzene rings is 3. The summed E-state index contributed by atoms with van der Waals surface area (Å²) in [4.78, 5) is 39.1. The number of amides is 1. The van der Waals surface area contributed by atoms with Crippen LogP contribution in [-0.2, 0) is 9.59 Å². The van der Waals surface area contributed by atoms with Gasteiger partial charge in [-0.2, -0.15) is 0 Å². The van der Waals surface area contributed by atoms with Crippen molar-refractivity contribution < 1.29 is 33.8 Å². The molecule has 0 bridgehead atoms. The van der Waals surface area contributed by atoms with E-state index >= 15 is 0 Å². The highest BCUT2D eigenvalue weighted by molar-refractivity contribution is 6.10. The van der Waals surface area contributed by atoms with Gasteiger partial charge in [-0.25, -0.2) is 0 Å². The summed E-state index contributed by atoms with van der Waals surface area (Å²) in [5.41, 5.74) is 3.80. The number of nitro groups is 1. The van der Waals surface area contributed by atoms with Crippen molar-refractivity contribution in [3.05, 3.63) is 104 Å². The molecule has 0 unspecified atom stereocenters. The fourth-order valence-electron chi connectivity index (χ4n) is 5.93. The van der Waals surface area contributed by atoms with E-state index in [0.29, 0.717) is 40.6 Å². The highest BCUT2D eigenvalue weighted by atomic mass is 16.6. The minimum Gasteiger partial charge on any atom is -0.500 e. The number of Topliss-reactive ketones (excluding diaryl/α,β-unsaturated/α-hetero) is 1. The van der Waals surface area contributed by atoms with Crippen molar-refractivity contribution in [1.29, 1.82) is 0 Å². The molecule has 11 heteroatoms. The Morgan fingerprint density at radius 2 is 1.59 bits per heavy atom. The van der Waals surface area contributed by atoms with Crippen molar-refractivity contribution >= 4 is 23.1 Å². The number of carbonyl (C=O) groups is 2. The molecule has 2 aliphatic rings. The smallest absolute Gasteiger partial charge is 0.314 e. The lowest BCUT2D eigenvalue weighted by Crippen LogP contribution is -2.37. The first-order valence-electron chi connectivity index (χ1n) is 14.0. The van der Waals surface area contributed by atoms with Crippen molar-refractivity contribution in [3.63, 3.8) is 0 Å². The van der Waals surface area contributed by atoms with Crippen LogP contribution in [-0.4, -0.2) is 43.0 Å². The summed E-state index contributed by atoms with van der Waals surface area (Å²) >= 11 is 0. The Labute approximate surface area is 254 Å². The molecule has 0 saturated heterocycles. The molecule has 0 aromatic heterocycles. The molecule has 0 saturated carbocycles. The number of hydrogen-bond acceptors (Lipinski definition) is 9. The number of ether oxygens (including phenoxy) is 3. The predicted molar refractivity (Wildman–Crippen MR) is 163 cm³/mol. The molecule has 11 nitrogen and oxygen atoms in total. The molecule has 228 valence electrons. The van der Waals surface area contributed by atoms with Gasteiger partial charge < -0.3 is 30.0 Å². The Bertz CT molecular complexity index is 1730. The largest absolute Gasteiger partial charge is 0.500 e. The van der Waals surface area contributed by atoms with Gasteiger partial charge in [-0.3, -0.25) is 19.7 Å². The number of aryl methyl sites for hydroxylation is 1. The summed E-state index contributed by atoms with van der Waals surface area (Å²) in [6, 6.07) is 15.4. The molecular weight excluding hydrogens is 566 g/mol. The van der Waals surface area contributed by atoms with E-state index in [9.17, 15) is 24.8 Å². The van der Waals surface area contributed by atoms with Crippen molar-refractivity contribution in [2.45, 2.75) is 38.5 Å². The number of dihydropyridines is 1. The molecule has 1 aliphatic heterocycles. The van der Waals surface area contributed by atoms with E-state index in [-0.39, 0.29) is 35.0 Å². The standard InChI is InChI=1S/C33H33N3O8/c1-17-6-9-22(10-7-17)35-33(39)29-18(2)34-23-12-20(19-8-11-26(42-3)27(15-19)43-4)14-25(37)31(23)30(29)21-13-24(36(40)41)32(38)28(16-21)44-5/h6-11,13,15-16,20,30,34,38H,12,14H2,1-5H3,(H,35,39)/t20-,30-/m1/s1. The van der Waals surface area contributed by atoms with Gasteiger partial charge in [-0.1, -0.05) is 23.8 Å². The van der Waals surface area contributed by atoms with Gasteiger partial charge in [0, 0.05) is 46.6 Å². The first kappa shape index (κ1) is 30.1. The van der Waals surface area contributed by atoms with E-state index in [1.807, 2.05) is 31.2 Å². The quantitative estimate of drug-likeness (QED) is 0.221. The van der Waals surface area contributed by atoms with E-state index < -0.39 is 28.2 Å². The molecule has 2 atom stereocenters. The highest BCUT2D eigenvalue weighted by Crippen LogP contribution is 2.49. The third-order valence-corrected chi connectivity index (χ3v) is 8.09. The van der Waals surface area contributed by atoms with E-state index in [0.717, 1.165) is 11.1 Å². The Morgan fingerprint density at radius 3 is 2.23 bits per heavy atom. The third kappa shape index (κ3) is 5.56. The SMILES string of the molecule is COc1ccc([C@H]2CC(=O)C3=C(C2)NC(C)=C(C(=O)Nc2ccc(C)cc2)[C@H]3c2cc(OC)c(O)c([N+](=O)[O-])c2)cc1OC. The number of allylic oxidation sites excluding steroid dienone is 3. The number of aromatic hydroxyl groups is 1. The minimum atomic E-state index is -0.969. The van der Waals surface area contributed by atoms with Crippen molar-refractivity contribution in [1.82, 2.24) is 5.32 Å². The molecule has 44 heavy (non-hydrogen) atoms. The molecular formula is C33H33N3O8. The number of phenols is 1. The molecule has 1 amide bonds. The van der Waals surface area contributed by atoms with Gasteiger partial charge in [0.05, 0.1) is 26.3 Å². The number of nitrogens with one attached hydrogen (secondary N) is 2. The van der Waals surface area contributed by atoms with Crippen LogP contribution in [0.25, 0.3) is 0 Å². The van der Waals surface area contributed by atoms with Crippen LogP contribution in [0, 0.1) is 17.0 Å². The zero-order valence-corrected chi connectivity index (χ0v) is 25.0. The van der Waals surface area contributed by atoms with Gasteiger partial charge in [0.1, 0.15) is 0 Å². The van der Waals surface area contributed by atoms with Crippen molar-refractivity contribution in [3.8, 4) is 23.0 Å². The Morgan fingerprint density at radius 1 is 0.932 bits per heavy atom. The highest BCUT2D eigenvalue weighted by Gasteiger charge is 2.42. The second-order valence-electron chi connectivity index (χ2n) is 10.8. The maximum atomic E-state index is 14.1. The van der Waals surface area contributed by atoms with Gasteiger partial charge in [-0.05, 0) is 67.6 Å². The molecule has 0 fully saturated rings. The zero-order valence-electron chi connectivity index (χ0n) is 25.0. The van der Waals surface area contributed by atoms with Crippen LogP contribution in [0.2, 0.25) is 0 Å². The second-order valence-corrected chi connectivity index (χ2v) is 10.8. The van der Waals surface area contributed by atoms with Crippen LogP contribution in [0.1, 0.15) is 48.3 Å². The zero-order chi connectivity index (χ0) is 31.7. The molecule has 3 aromatic rings. The van der Waals surface area contributed by atoms with E-state index in [2.05, 4.69) is 10.6 Å². The van der Waals surface area contributed by atoms with Crippen LogP contribution < -0.4 is 24.8 Å². The number of hydrogen-bond donors (Lipinski definition) is 3. The number of nitrogens with zero attached hydrogens (tertiary/aromatic N) is 1. The summed E-state index contributed by atoms with van der Waals surface area (Å²) in [6.45, 7) is 3.67. The number of nitro benzene ring substituents is 1. The molecule has 0 spiro atoms. The molecule has 1 aliphatic carbocycles. The van der Waals surface area contributed by atoms with Gasteiger partial charge >= 0.3 is 5.69 Å². The first-order chi connectivity index (χ1) is 21.1. The summed E-state index contributed by atoms with van der Waals surface area (Å²) in [5, 5.41) is 28.6. The summed E-state index contributed by atoms with van der Waals surface area (Å²) in [6.07, 6.45) is 0.574. The normalized spacial score (nSPS) is 17.9. The second kappa shape index (κ2) is 12.1. The fourth-order valence-corrected chi connectivity index (χ4v) is 5.93. The van der Waals surface area contributed by atoms with Crippen LogP contribution >= 0.6 is 0 Å². The number of methoxy groups -OCH3 is 3. The molecule has 0 radical (unpaired) electrons. The minimum absolute atomic E-state index is 0.135.